The average Bonchev–Trinajstić information content (AvgIpc) is 2.18. The van der Waals surface area contributed by atoms with Crippen LogP contribution in [0.1, 0.15) is 53.9 Å². The zero-order chi connectivity index (χ0) is 12.1. The molecule has 0 aliphatic rings. The van der Waals surface area contributed by atoms with Crippen molar-refractivity contribution in [1.29, 1.82) is 0 Å². The fourth-order valence-corrected chi connectivity index (χ4v) is 1.85. The molecule has 0 radical (unpaired) electrons. The topological polar surface area (TPSA) is 46.5 Å². The summed E-state index contributed by atoms with van der Waals surface area (Å²) in [6, 6.07) is 0. The molecule has 0 aromatic rings. The summed E-state index contributed by atoms with van der Waals surface area (Å²) < 4.78 is 5.00. The monoisotopic (exact) mass is 216 g/mol. The standard InChI is InChI=1S/C12H24O3/c1-6-9-12(14,7-2)11(4,5)10(13)15-8-3/h14H,6-9H2,1-5H3. The highest BCUT2D eigenvalue weighted by atomic mass is 16.5. The first-order chi connectivity index (χ1) is 6.85. The number of hydrogen-bond acceptors (Lipinski definition) is 3. The molecule has 0 saturated carbocycles. The Hall–Kier alpha value is -0.570. The predicted molar refractivity (Wildman–Crippen MR) is 60.6 cm³/mol. The van der Waals surface area contributed by atoms with Crippen LogP contribution >= 0.6 is 0 Å². The van der Waals surface area contributed by atoms with Crippen molar-refractivity contribution in [1.82, 2.24) is 0 Å². The lowest BCUT2D eigenvalue weighted by atomic mass is 9.71. The Morgan fingerprint density at radius 2 is 1.80 bits per heavy atom. The van der Waals surface area contributed by atoms with Crippen LogP contribution in [0.3, 0.4) is 0 Å². The van der Waals surface area contributed by atoms with Crippen molar-refractivity contribution in [2.45, 2.75) is 59.5 Å². The van der Waals surface area contributed by atoms with Gasteiger partial charge in [-0.15, -0.1) is 0 Å². The number of aliphatic hydroxyl groups is 1. The van der Waals surface area contributed by atoms with Crippen LogP contribution in [0.25, 0.3) is 0 Å². The van der Waals surface area contributed by atoms with Crippen LogP contribution in [0.5, 0.6) is 0 Å². The Morgan fingerprint density at radius 3 is 2.13 bits per heavy atom. The first-order valence-corrected chi connectivity index (χ1v) is 5.75. The van der Waals surface area contributed by atoms with Gasteiger partial charge in [0.2, 0.25) is 0 Å². The van der Waals surface area contributed by atoms with E-state index in [9.17, 15) is 9.90 Å². The minimum atomic E-state index is -0.964. The first-order valence-electron chi connectivity index (χ1n) is 5.75. The fourth-order valence-electron chi connectivity index (χ4n) is 1.85. The molecule has 0 saturated heterocycles. The van der Waals surface area contributed by atoms with Gasteiger partial charge >= 0.3 is 5.97 Å². The summed E-state index contributed by atoms with van der Waals surface area (Å²) in [5.74, 6) is -0.317. The highest BCUT2D eigenvalue weighted by Crippen LogP contribution is 2.38. The van der Waals surface area contributed by atoms with E-state index in [0.29, 0.717) is 19.4 Å². The molecule has 0 aromatic carbocycles. The van der Waals surface area contributed by atoms with Gasteiger partial charge in [0.15, 0.2) is 0 Å². The molecule has 15 heavy (non-hydrogen) atoms. The summed E-state index contributed by atoms with van der Waals surface area (Å²) in [4.78, 5) is 11.8. The quantitative estimate of drug-likeness (QED) is 0.694. The SMILES string of the molecule is CCCC(O)(CC)C(C)(C)C(=O)OCC. The summed E-state index contributed by atoms with van der Waals surface area (Å²) in [6.45, 7) is 9.54. The van der Waals surface area contributed by atoms with Crippen molar-refractivity contribution in [2.24, 2.45) is 5.41 Å². The molecule has 0 spiro atoms. The number of hydrogen-bond donors (Lipinski definition) is 1. The highest BCUT2D eigenvalue weighted by molar-refractivity contribution is 5.77. The van der Waals surface area contributed by atoms with Crippen LogP contribution in [-0.4, -0.2) is 23.3 Å². The van der Waals surface area contributed by atoms with E-state index in [1.807, 2.05) is 13.8 Å². The van der Waals surface area contributed by atoms with Crippen molar-refractivity contribution in [2.75, 3.05) is 6.61 Å². The van der Waals surface area contributed by atoms with Gasteiger partial charge in [0.1, 0.15) is 0 Å². The first kappa shape index (κ1) is 14.4. The molecule has 0 aromatic heterocycles. The zero-order valence-corrected chi connectivity index (χ0v) is 10.6. The van der Waals surface area contributed by atoms with E-state index >= 15 is 0 Å². The molecule has 0 heterocycles. The molecule has 0 amide bonds. The molecule has 0 fully saturated rings. The number of carbonyl (C=O) groups is 1. The lowest BCUT2D eigenvalue weighted by Crippen LogP contribution is -2.49. The number of esters is 1. The van der Waals surface area contributed by atoms with Gasteiger partial charge in [-0.1, -0.05) is 20.3 Å². The van der Waals surface area contributed by atoms with E-state index in [0.717, 1.165) is 6.42 Å². The number of rotatable bonds is 6. The van der Waals surface area contributed by atoms with Gasteiger partial charge in [-0.25, -0.2) is 0 Å². The molecule has 0 bridgehead atoms. The Balaban J connectivity index is 4.86. The molecule has 3 heteroatoms. The molecule has 1 atom stereocenters. The molecule has 3 nitrogen and oxygen atoms in total. The van der Waals surface area contributed by atoms with Gasteiger partial charge in [-0.2, -0.15) is 0 Å². The maximum absolute atomic E-state index is 11.8. The molecular weight excluding hydrogens is 192 g/mol. The van der Waals surface area contributed by atoms with Crippen LogP contribution < -0.4 is 0 Å². The summed E-state index contributed by atoms with van der Waals surface area (Å²) in [7, 11) is 0. The Bertz CT molecular complexity index is 211. The highest BCUT2D eigenvalue weighted by Gasteiger charge is 2.47. The smallest absolute Gasteiger partial charge is 0.314 e. The maximum atomic E-state index is 11.8. The number of carbonyl (C=O) groups excluding carboxylic acids is 1. The Kier molecular flexibility index (Phi) is 5.29. The fraction of sp³-hybridized carbons (Fsp3) is 0.917. The van der Waals surface area contributed by atoms with Crippen molar-refractivity contribution in [3.8, 4) is 0 Å². The van der Waals surface area contributed by atoms with Gasteiger partial charge in [0, 0.05) is 0 Å². The summed E-state index contributed by atoms with van der Waals surface area (Å²) in [5, 5.41) is 10.4. The molecule has 0 rings (SSSR count). The predicted octanol–water partition coefficient (Wildman–Crippen LogP) is 2.52. The lowest BCUT2D eigenvalue weighted by molar-refractivity contribution is -0.172. The van der Waals surface area contributed by atoms with E-state index in [-0.39, 0.29) is 5.97 Å². The van der Waals surface area contributed by atoms with Gasteiger partial charge < -0.3 is 9.84 Å². The van der Waals surface area contributed by atoms with Gasteiger partial charge in [-0.05, 0) is 33.6 Å². The largest absolute Gasteiger partial charge is 0.465 e. The summed E-state index contributed by atoms with van der Waals surface area (Å²) >= 11 is 0. The third kappa shape index (κ3) is 2.94. The third-order valence-electron chi connectivity index (χ3n) is 3.20. The van der Waals surface area contributed by atoms with Crippen LogP contribution in [0.4, 0.5) is 0 Å². The Morgan fingerprint density at radius 1 is 1.27 bits per heavy atom. The minimum absolute atomic E-state index is 0.317. The van der Waals surface area contributed by atoms with Crippen LogP contribution in [0, 0.1) is 5.41 Å². The zero-order valence-electron chi connectivity index (χ0n) is 10.6. The average molecular weight is 216 g/mol. The van der Waals surface area contributed by atoms with Crippen molar-refractivity contribution in [3.05, 3.63) is 0 Å². The van der Waals surface area contributed by atoms with Crippen LogP contribution in [0.15, 0.2) is 0 Å². The van der Waals surface area contributed by atoms with E-state index < -0.39 is 11.0 Å². The maximum Gasteiger partial charge on any atom is 0.314 e. The minimum Gasteiger partial charge on any atom is -0.465 e. The van der Waals surface area contributed by atoms with Crippen LogP contribution in [-0.2, 0) is 9.53 Å². The summed E-state index contributed by atoms with van der Waals surface area (Å²) in [5.41, 5.74) is -1.80. The van der Waals surface area contributed by atoms with Gasteiger partial charge in [0.25, 0.3) is 0 Å². The Labute approximate surface area is 92.8 Å². The van der Waals surface area contributed by atoms with Crippen molar-refractivity contribution in [3.63, 3.8) is 0 Å². The van der Waals surface area contributed by atoms with E-state index in [1.54, 1.807) is 20.8 Å². The van der Waals surface area contributed by atoms with Crippen molar-refractivity contribution < 1.29 is 14.6 Å². The van der Waals surface area contributed by atoms with E-state index in [4.69, 9.17) is 4.74 Å². The van der Waals surface area contributed by atoms with Gasteiger partial charge in [0.05, 0.1) is 17.6 Å². The van der Waals surface area contributed by atoms with Crippen LogP contribution in [0.2, 0.25) is 0 Å². The molecule has 1 unspecified atom stereocenters. The lowest BCUT2D eigenvalue weighted by Gasteiger charge is -2.40. The second-order valence-electron chi connectivity index (χ2n) is 4.48. The summed E-state index contributed by atoms with van der Waals surface area (Å²) in [6.07, 6.45) is 2.04. The molecule has 90 valence electrons. The second kappa shape index (κ2) is 5.50. The van der Waals surface area contributed by atoms with E-state index in [2.05, 4.69) is 0 Å². The third-order valence-corrected chi connectivity index (χ3v) is 3.20. The molecule has 0 aliphatic heterocycles. The molecular formula is C12H24O3. The molecule has 1 N–H and O–H groups in total. The normalized spacial score (nSPS) is 15.9. The van der Waals surface area contributed by atoms with Gasteiger partial charge in [-0.3, -0.25) is 4.79 Å². The van der Waals surface area contributed by atoms with E-state index in [1.165, 1.54) is 0 Å². The molecule has 0 aliphatic carbocycles. The number of ether oxygens (including phenoxy) is 1. The van der Waals surface area contributed by atoms with Crippen molar-refractivity contribution >= 4 is 5.97 Å². The second-order valence-corrected chi connectivity index (χ2v) is 4.48.